The van der Waals surface area contributed by atoms with Crippen LogP contribution in [0.4, 0.5) is 24.5 Å². The summed E-state index contributed by atoms with van der Waals surface area (Å²) < 4.78 is 47.1. The summed E-state index contributed by atoms with van der Waals surface area (Å²) in [6.07, 6.45) is 0.0614. The molecule has 0 saturated carbocycles. The Bertz CT molecular complexity index is 516. The van der Waals surface area contributed by atoms with Crippen LogP contribution in [0.2, 0.25) is 0 Å². The van der Waals surface area contributed by atoms with E-state index in [0.717, 1.165) is 12.1 Å². The lowest BCUT2D eigenvalue weighted by molar-refractivity contribution is -0.0521. The van der Waals surface area contributed by atoms with Crippen molar-refractivity contribution in [2.45, 2.75) is 31.7 Å². The molecule has 5 nitrogen and oxygen atoms in total. The van der Waals surface area contributed by atoms with Crippen LogP contribution in [0.1, 0.15) is 13.3 Å². The van der Waals surface area contributed by atoms with E-state index in [0.29, 0.717) is 13.0 Å². The lowest BCUT2D eigenvalue weighted by Crippen LogP contribution is -2.43. The minimum atomic E-state index is -3.14. The number of anilines is 2. The maximum atomic E-state index is 13.4. The molecule has 0 bridgehead atoms. The summed E-state index contributed by atoms with van der Waals surface area (Å²) in [5, 5.41) is 13.1. The summed E-state index contributed by atoms with van der Waals surface area (Å²) in [5.74, 6) is -1.58. The van der Waals surface area contributed by atoms with Crippen molar-refractivity contribution in [3.05, 3.63) is 17.9 Å². The van der Waals surface area contributed by atoms with E-state index in [4.69, 9.17) is 10.5 Å². The van der Waals surface area contributed by atoms with E-state index in [1.54, 1.807) is 6.92 Å². The topological polar surface area (TPSA) is 76.7 Å². The van der Waals surface area contributed by atoms with Crippen molar-refractivity contribution in [3.8, 4) is 5.75 Å². The number of ether oxygens (including phenoxy) is 2. The lowest BCUT2D eigenvalue weighted by Gasteiger charge is -2.27. The monoisotopic (exact) mass is 306 g/mol. The second-order valence-corrected chi connectivity index (χ2v) is 4.97. The number of alkyl halides is 2. The van der Waals surface area contributed by atoms with Crippen LogP contribution in [0.25, 0.3) is 0 Å². The van der Waals surface area contributed by atoms with Gasteiger partial charge in [0.1, 0.15) is 5.60 Å². The van der Waals surface area contributed by atoms with Gasteiger partial charge in [0, 0.05) is 31.7 Å². The third kappa shape index (κ3) is 3.51. The van der Waals surface area contributed by atoms with Gasteiger partial charge in [-0.25, -0.2) is 4.39 Å². The van der Waals surface area contributed by atoms with Gasteiger partial charge in [-0.15, -0.1) is 0 Å². The summed E-state index contributed by atoms with van der Waals surface area (Å²) >= 11 is 0. The van der Waals surface area contributed by atoms with Crippen LogP contribution in [0, 0.1) is 5.82 Å². The van der Waals surface area contributed by atoms with Crippen LogP contribution in [-0.4, -0.2) is 36.6 Å². The predicted molar refractivity (Wildman–Crippen MR) is 70.9 cm³/mol. The Morgan fingerprint density at radius 2 is 2.29 bits per heavy atom. The zero-order chi connectivity index (χ0) is 15.6. The van der Waals surface area contributed by atoms with E-state index in [2.05, 4.69) is 10.1 Å². The summed E-state index contributed by atoms with van der Waals surface area (Å²) in [6, 6.07) is 1.93. The van der Waals surface area contributed by atoms with E-state index in [1.165, 1.54) is 0 Å². The number of hydrogen-bond donors (Lipinski definition) is 3. The molecule has 0 radical (unpaired) electrons. The van der Waals surface area contributed by atoms with Gasteiger partial charge in [-0.05, 0) is 6.92 Å². The fourth-order valence-corrected chi connectivity index (χ4v) is 2.16. The van der Waals surface area contributed by atoms with Crippen molar-refractivity contribution in [1.82, 2.24) is 0 Å². The highest BCUT2D eigenvalue weighted by molar-refractivity contribution is 5.68. The Balaban J connectivity index is 2.12. The zero-order valence-corrected chi connectivity index (χ0v) is 11.4. The Kier molecular flexibility index (Phi) is 4.48. The highest BCUT2D eigenvalue weighted by atomic mass is 19.3. The molecule has 1 saturated heterocycles. The van der Waals surface area contributed by atoms with Crippen molar-refractivity contribution in [2.24, 2.45) is 0 Å². The first-order valence-corrected chi connectivity index (χ1v) is 6.43. The maximum Gasteiger partial charge on any atom is 0.387 e. The molecule has 2 unspecified atom stereocenters. The van der Waals surface area contributed by atoms with Gasteiger partial charge >= 0.3 is 6.61 Å². The minimum absolute atomic E-state index is 0.0317. The molecule has 21 heavy (non-hydrogen) atoms. The van der Waals surface area contributed by atoms with Crippen molar-refractivity contribution < 1.29 is 27.8 Å². The average Bonchev–Trinajstić information content (AvgIpc) is 2.71. The van der Waals surface area contributed by atoms with Gasteiger partial charge in [-0.3, -0.25) is 0 Å². The van der Waals surface area contributed by atoms with Gasteiger partial charge in [0.2, 0.25) is 0 Å². The number of hydrogen-bond acceptors (Lipinski definition) is 5. The molecule has 1 fully saturated rings. The summed E-state index contributed by atoms with van der Waals surface area (Å²) in [7, 11) is 0. The Hall–Kier alpha value is -1.67. The molecule has 1 aliphatic rings. The van der Waals surface area contributed by atoms with Gasteiger partial charge in [0.05, 0.1) is 17.5 Å². The van der Waals surface area contributed by atoms with Gasteiger partial charge in [-0.2, -0.15) is 8.78 Å². The van der Waals surface area contributed by atoms with Gasteiger partial charge < -0.3 is 25.6 Å². The molecular weight excluding hydrogens is 289 g/mol. The standard InChI is InChI=1S/C13H17F3N2O3/c1-7-13(19,2-3-20-7)6-18-10-5-11(21-12(15)16)8(14)4-9(10)17/h4-5,7,12,18-19H,2-3,6,17H2,1H3. The molecule has 2 atom stereocenters. The molecule has 0 amide bonds. The van der Waals surface area contributed by atoms with Crippen LogP contribution in [0.3, 0.4) is 0 Å². The molecule has 1 heterocycles. The Morgan fingerprint density at radius 1 is 1.57 bits per heavy atom. The molecule has 8 heteroatoms. The predicted octanol–water partition coefficient (Wildman–Crippen LogP) is 1.96. The Labute approximate surface area is 119 Å². The highest BCUT2D eigenvalue weighted by Crippen LogP contribution is 2.31. The van der Waals surface area contributed by atoms with E-state index >= 15 is 0 Å². The molecule has 1 aliphatic heterocycles. The molecule has 118 valence electrons. The maximum absolute atomic E-state index is 13.4. The summed E-state index contributed by atoms with van der Waals surface area (Å²) in [5.41, 5.74) is 4.77. The second kappa shape index (κ2) is 5.98. The quantitative estimate of drug-likeness (QED) is 0.725. The smallest absolute Gasteiger partial charge is 0.387 e. The molecule has 0 aromatic heterocycles. The first-order valence-electron chi connectivity index (χ1n) is 6.43. The summed E-state index contributed by atoms with van der Waals surface area (Å²) in [4.78, 5) is 0. The molecule has 0 spiro atoms. The number of benzene rings is 1. The van der Waals surface area contributed by atoms with Crippen molar-refractivity contribution in [2.75, 3.05) is 24.2 Å². The van der Waals surface area contributed by atoms with Gasteiger partial charge in [0.25, 0.3) is 0 Å². The SMILES string of the molecule is CC1OCCC1(O)CNc1cc(OC(F)F)c(F)cc1N. The van der Waals surface area contributed by atoms with Crippen LogP contribution >= 0.6 is 0 Å². The van der Waals surface area contributed by atoms with Crippen molar-refractivity contribution in [3.63, 3.8) is 0 Å². The lowest BCUT2D eigenvalue weighted by atomic mass is 9.96. The Morgan fingerprint density at radius 3 is 2.86 bits per heavy atom. The first kappa shape index (κ1) is 15.7. The number of nitrogens with one attached hydrogen (secondary N) is 1. The minimum Gasteiger partial charge on any atom is -0.432 e. The number of aliphatic hydroxyl groups is 1. The molecule has 4 N–H and O–H groups in total. The first-order chi connectivity index (χ1) is 9.82. The van der Waals surface area contributed by atoms with Crippen LogP contribution in [0.5, 0.6) is 5.75 Å². The fourth-order valence-electron chi connectivity index (χ4n) is 2.16. The van der Waals surface area contributed by atoms with Crippen LogP contribution in [0.15, 0.2) is 12.1 Å². The third-order valence-corrected chi connectivity index (χ3v) is 3.56. The largest absolute Gasteiger partial charge is 0.432 e. The molecule has 1 aromatic carbocycles. The number of nitrogens with two attached hydrogens (primary N) is 1. The van der Waals surface area contributed by atoms with Gasteiger partial charge in [-0.1, -0.05) is 0 Å². The summed E-state index contributed by atoms with van der Waals surface area (Å²) in [6.45, 7) is -0.882. The van der Waals surface area contributed by atoms with E-state index in [-0.39, 0.29) is 24.0 Å². The number of halogens is 3. The van der Waals surface area contributed by atoms with E-state index in [9.17, 15) is 18.3 Å². The van der Waals surface area contributed by atoms with E-state index < -0.39 is 23.8 Å². The van der Waals surface area contributed by atoms with E-state index in [1.807, 2.05) is 0 Å². The van der Waals surface area contributed by atoms with Gasteiger partial charge in [0.15, 0.2) is 11.6 Å². The highest BCUT2D eigenvalue weighted by Gasteiger charge is 2.39. The molecule has 2 rings (SSSR count). The zero-order valence-electron chi connectivity index (χ0n) is 11.4. The molecular formula is C13H17F3N2O3. The normalized spacial score (nSPS) is 25.3. The van der Waals surface area contributed by atoms with Crippen molar-refractivity contribution in [1.29, 1.82) is 0 Å². The van der Waals surface area contributed by atoms with Crippen molar-refractivity contribution >= 4 is 11.4 Å². The van der Waals surface area contributed by atoms with Crippen LogP contribution < -0.4 is 15.8 Å². The number of rotatable bonds is 5. The fraction of sp³-hybridized carbons (Fsp3) is 0.538. The number of nitrogen functional groups attached to an aromatic ring is 1. The average molecular weight is 306 g/mol. The third-order valence-electron chi connectivity index (χ3n) is 3.56. The molecule has 1 aromatic rings. The second-order valence-electron chi connectivity index (χ2n) is 4.97. The van der Waals surface area contributed by atoms with Crippen LogP contribution in [-0.2, 0) is 4.74 Å². The molecule has 0 aliphatic carbocycles.